The summed E-state index contributed by atoms with van der Waals surface area (Å²) in [5.74, 6) is 0.359. The van der Waals surface area contributed by atoms with Gasteiger partial charge >= 0.3 is 0 Å². The molecule has 0 saturated carbocycles. The van der Waals surface area contributed by atoms with Crippen molar-refractivity contribution < 1.29 is 9.53 Å². The monoisotopic (exact) mass is 494 g/mol. The van der Waals surface area contributed by atoms with E-state index >= 15 is 0 Å². The quantitative estimate of drug-likeness (QED) is 0.482. The van der Waals surface area contributed by atoms with Gasteiger partial charge in [-0.05, 0) is 25.0 Å². The van der Waals surface area contributed by atoms with Gasteiger partial charge in [0.05, 0.1) is 24.1 Å². The highest BCUT2D eigenvalue weighted by molar-refractivity contribution is 9.10. The van der Waals surface area contributed by atoms with Crippen molar-refractivity contribution in [3.05, 3.63) is 34.1 Å². The largest absolute Gasteiger partial charge is 0.376 e. The lowest BCUT2D eigenvalue weighted by molar-refractivity contribution is -0.116. The number of nitrogens with one attached hydrogen (secondary N) is 1. The van der Waals surface area contributed by atoms with Crippen LogP contribution in [0.5, 0.6) is 0 Å². The maximum atomic E-state index is 13.0. The molecule has 3 heterocycles. The van der Waals surface area contributed by atoms with E-state index in [1.54, 1.807) is 4.90 Å². The van der Waals surface area contributed by atoms with Gasteiger partial charge in [-0.2, -0.15) is 4.98 Å². The second kappa shape index (κ2) is 9.24. The number of ether oxygens (including phenoxy) is 1. The lowest BCUT2D eigenvalue weighted by Gasteiger charge is -2.22. The summed E-state index contributed by atoms with van der Waals surface area (Å²) in [6, 6.07) is 7.95. The molecule has 1 aliphatic rings. The Kier molecular flexibility index (Phi) is 6.48. The van der Waals surface area contributed by atoms with Crippen LogP contribution in [0, 0.1) is 0 Å². The van der Waals surface area contributed by atoms with Gasteiger partial charge in [-0.3, -0.25) is 9.69 Å². The Labute approximate surface area is 184 Å². The number of carbonyl (C=O) groups excluding carboxylic acids is 1. The molecule has 0 aliphatic carbocycles. The van der Waals surface area contributed by atoms with Crippen molar-refractivity contribution in [1.82, 2.24) is 20.2 Å². The minimum Gasteiger partial charge on any atom is -0.376 e. The third-order valence-electron chi connectivity index (χ3n) is 4.38. The molecule has 1 aromatic carbocycles. The van der Waals surface area contributed by atoms with E-state index in [0.717, 1.165) is 35.2 Å². The maximum Gasteiger partial charge on any atom is 0.239 e. The lowest BCUT2D eigenvalue weighted by atomic mass is 10.2. The molecule has 3 aromatic rings. The van der Waals surface area contributed by atoms with E-state index in [2.05, 4.69) is 31.1 Å². The van der Waals surface area contributed by atoms with Crippen LogP contribution in [0.2, 0.25) is 0 Å². The van der Waals surface area contributed by atoms with E-state index in [9.17, 15) is 4.79 Å². The normalized spacial score (nSPS) is 16.2. The average molecular weight is 495 g/mol. The van der Waals surface area contributed by atoms with Gasteiger partial charge in [-0.15, -0.1) is 16.4 Å². The van der Waals surface area contributed by atoms with Crippen LogP contribution in [-0.4, -0.2) is 51.1 Å². The van der Waals surface area contributed by atoms with Crippen molar-refractivity contribution in [2.24, 2.45) is 0 Å². The Bertz CT molecular complexity index is 971. The van der Waals surface area contributed by atoms with Crippen LogP contribution in [0.15, 0.2) is 39.3 Å². The number of aromatic amines is 1. The first kappa shape index (κ1) is 20.3. The molecule has 0 unspecified atom stereocenters. The van der Waals surface area contributed by atoms with Gasteiger partial charge in [0.2, 0.25) is 17.0 Å². The number of nitrogens with zero attached hydrogens (tertiary/aromatic N) is 4. The Morgan fingerprint density at radius 1 is 1.38 bits per heavy atom. The fourth-order valence-electron chi connectivity index (χ4n) is 2.95. The van der Waals surface area contributed by atoms with Crippen LogP contribution in [0.3, 0.4) is 0 Å². The average Bonchev–Trinajstić information content (AvgIpc) is 3.47. The molecule has 0 radical (unpaired) electrons. The van der Waals surface area contributed by atoms with Crippen LogP contribution in [-0.2, 0) is 9.53 Å². The molecule has 2 aromatic heterocycles. The number of H-pyrrole nitrogens is 1. The van der Waals surface area contributed by atoms with Gasteiger partial charge in [-0.25, -0.2) is 10.1 Å². The van der Waals surface area contributed by atoms with Crippen LogP contribution in [0.25, 0.3) is 11.3 Å². The molecule has 1 saturated heterocycles. The summed E-state index contributed by atoms with van der Waals surface area (Å²) in [5.41, 5.74) is 7.40. The van der Waals surface area contributed by atoms with Crippen LogP contribution < -0.4 is 10.6 Å². The molecular formula is C18H19BrN6O2S2. The number of aromatic nitrogens is 4. The zero-order valence-corrected chi connectivity index (χ0v) is 18.6. The van der Waals surface area contributed by atoms with Crippen molar-refractivity contribution >= 4 is 56.0 Å². The molecule has 1 amide bonds. The van der Waals surface area contributed by atoms with Gasteiger partial charge < -0.3 is 10.5 Å². The highest BCUT2D eigenvalue weighted by Gasteiger charge is 2.26. The zero-order chi connectivity index (χ0) is 20.2. The number of amides is 1. The molecule has 29 heavy (non-hydrogen) atoms. The number of nitrogens with two attached hydrogens (primary N) is 1. The predicted octanol–water partition coefficient (Wildman–Crippen LogP) is 3.58. The van der Waals surface area contributed by atoms with Gasteiger partial charge in [0, 0.05) is 22.0 Å². The number of nitrogen functional groups attached to an aromatic ring is 1. The summed E-state index contributed by atoms with van der Waals surface area (Å²) in [4.78, 5) is 23.5. The summed E-state index contributed by atoms with van der Waals surface area (Å²) in [7, 11) is 0. The molecule has 1 atom stereocenters. The Balaban J connectivity index is 1.51. The van der Waals surface area contributed by atoms with Crippen LogP contribution in [0.4, 0.5) is 11.1 Å². The Morgan fingerprint density at radius 3 is 2.90 bits per heavy atom. The predicted molar refractivity (Wildman–Crippen MR) is 118 cm³/mol. The summed E-state index contributed by atoms with van der Waals surface area (Å²) in [5, 5.41) is 9.62. The van der Waals surface area contributed by atoms with Gasteiger partial charge in [0.15, 0.2) is 5.13 Å². The first-order valence-corrected chi connectivity index (χ1v) is 11.7. The maximum absolute atomic E-state index is 13.0. The number of anilines is 2. The number of benzene rings is 1. The summed E-state index contributed by atoms with van der Waals surface area (Å²) in [6.45, 7) is 1.22. The van der Waals surface area contributed by atoms with E-state index < -0.39 is 0 Å². The number of thioether (sulfide) groups is 1. The second-order valence-electron chi connectivity index (χ2n) is 6.45. The molecule has 4 rings (SSSR count). The molecule has 0 spiro atoms. The van der Waals surface area contributed by atoms with Crippen molar-refractivity contribution in [3.63, 3.8) is 0 Å². The molecule has 8 nitrogen and oxygen atoms in total. The SMILES string of the molecule is Nc1nc(SCC(=O)N(C[C@@H]2CCCO2)c2nc(-c3ccc(Br)cc3)cs2)n[nH]1. The summed E-state index contributed by atoms with van der Waals surface area (Å²) in [6.07, 6.45) is 1.99. The van der Waals surface area contributed by atoms with Crippen LogP contribution >= 0.6 is 39.0 Å². The second-order valence-corrected chi connectivity index (χ2v) is 9.15. The standard InChI is InChI=1S/C18H19BrN6O2S2/c19-12-5-3-11(4-6-12)14-9-29-18(21-14)25(8-13-2-1-7-27-13)15(26)10-28-17-22-16(20)23-24-17/h3-6,9,13H,1-2,7-8,10H2,(H3,20,22,23,24)/t13-/m0/s1. The Morgan fingerprint density at radius 2 is 2.21 bits per heavy atom. The number of carbonyl (C=O) groups is 1. The molecule has 1 aliphatic heterocycles. The fraction of sp³-hybridized carbons (Fsp3) is 0.333. The van der Waals surface area contributed by atoms with Crippen molar-refractivity contribution in [3.8, 4) is 11.3 Å². The summed E-state index contributed by atoms with van der Waals surface area (Å²) >= 11 is 6.14. The van der Waals surface area contributed by atoms with Crippen molar-refractivity contribution in [2.45, 2.75) is 24.1 Å². The topological polar surface area (TPSA) is 110 Å². The van der Waals surface area contributed by atoms with Gasteiger partial charge in [-0.1, -0.05) is 39.8 Å². The Hall–Kier alpha value is -1.95. The minimum atomic E-state index is -0.0643. The first-order valence-electron chi connectivity index (χ1n) is 9.02. The smallest absolute Gasteiger partial charge is 0.239 e. The highest BCUT2D eigenvalue weighted by atomic mass is 79.9. The zero-order valence-electron chi connectivity index (χ0n) is 15.4. The highest BCUT2D eigenvalue weighted by Crippen LogP contribution is 2.30. The molecule has 152 valence electrons. The molecular weight excluding hydrogens is 476 g/mol. The number of rotatable bonds is 7. The molecule has 0 bridgehead atoms. The molecule has 11 heteroatoms. The molecule has 3 N–H and O–H groups in total. The number of hydrogen-bond acceptors (Lipinski definition) is 8. The number of halogens is 1. The van der Waals surface area contributed by atoms with E-state index in [1.165, 1.54) is 23.1 Å². The first-order chi connectivity index (χ1) is 14.1. The molecule has 1 fully saturated rings. The van der Waals surface area contributed by atoms with E-state index in [0.29, 0.717) is 16.8 Å². The lowest BCUT2D eigenvalue weighted by Crippen LogP contribution is -2.38. The minimum absolute atomic E-state index is 0.0307. The number of thiazole rings is 1. The summed E-state index contributed by atoms with van der Waals surface area (Å²) < 4.78 is 6.76. The number of hydrogen-bond donors (Lipinski definition) is 2. The van der Waals surface area contributed by atoms with Gasteiger partial charge in [0.1, 0.15) is 0 Å². The third-order valence-corrected chi connectivity index (χ3v) is 6.61. The van der Waals surface area contributed by atoms with E-state index in [-0.39, 0.29) is 23.7 Å². The van der Waals surface area contributed by atoms with Gasteiger partial charge in [0.25, 0.3) is 0 Å². The van der Waals surface area contributed by atoms with E-state index in [1.807, 2.05) is 29.6 Å². The van der Waals surface area contributed by atoms with Crippen molar-refractivity contribution in [1.29, 1.82) is 0 Å². The third kappa shape index (κ3) is 5.16. The fourth-order valence-corrected chi connectivity index (χ4v) is 4.75. The van der Waals surface area contributed by atoms with Crippen molar-refractivity contribution in [2.75, 3.05) is 29.5 Å². The van der Waals surface area contributed by atoms with Crippen LogP contribution in [0.1, 0.15) is 12.8 Å². The van der Waals surface area contributed by atoms with E-state index in [4.69, 9.17) is 15.5 Å².